The third kappa shape index (κ3) is 3.24. The summed E-state index contributed by atoms with van der Waals surface area (Å²) in [4.78, 5) is 14.5. The van der Waals surface area contributed by atoms with Crippen molar-refractivity contribution in [2.75, 3.05) is 13.6 Å². The van der Waals surface area contributed by atoms with Gasteiger partial charge in [0.1, 0.15) is 6.54 Å². The summed E-state index contributed by atoms with van der Waals surface area (Å²) in [6.45, 7) is 1.34. The number of hydrogen-bond donors (Lipinski definition) is 2. The fraction of sp³-hybridized carbons (Fsp3) is 0.786. The lowest BCUT2D eigenvalue weighted by atomic mass is 9.91. The molecule has 2 fully saturated rings. The molecule has 0 spiro atoms. The van der Waals surface area contributed by atoms with E-state index in [-0.39, 0.29) is 12.5 Å². The number of carbonyl (C=O) groups is 1. The summed E-state index contributed by atoms with van der Waals surface area (Å²) >= 11 is 0. The van der Waals surface area contributed by atoms with Gasteiger partial charge in [0.15, 0.2) is 0 Å². The summed E-state index contributed by atoms with van der Waals surface area (Å²) in [6.07, 6.45) is 6.75. The molecular weight excluding hydrogens is 268 g/mol. The van der Waals surface area contributed by atoms with Crippen molar-refractivity contribution in [1.82, 2.24) is 25.2 Å². The molecule has 3 rings (SSSR count). The first kappa shape index (κ1) is 14.5. The average Bonchev–Trinajstić information content (AvgIpc) is 2.98. The van der Waals surface area contributed by atoms with Crippen molar-refractivity contribution in [3.8, 4) is 0 Å². The predicted molar refractivity (Wildman–Crippen MR) is 78.2 cm³/mol. The van der Waals surface area contributed by atoms with Gasteiger partial charge in [0.2, 0.25) is 5.91 Å². The molecule has 2 bridgehead atoms. The second-order valence-corrected chi connectivity index (χ2v) is 6.30. The SMILES string of the molecule is CN1C2CCC1CC(CNC(=O)Cn1cc(CN)nn1)C2. The topological polar surface area (TPSA) is 89.1 Å². The zero-order valence-corrected chi connectivity index (χ0v) is 12.5. The van der Waals surface area contributed by atoms with E-state index in [9.17, 15) is 4.79 Å². The zero-order valence-electron chi connectivity index (χ0n) is 12.5. The number of amides is 1. The van der Waals surface area contributed by atoms with E-state index in [1.165, 1.54) is 30.4 Å². The first-order valence-corrected chi connectivity index (χ1v) is 7.73. The molecule has 0 aliphatic carbocycles. The number of nitrogens with one attached hydrogen (secondary N) is 1. The van der Waals surface area contributed by atoms with Gasteiger partial charge in [-0.2, -0.15) is 0 Å². The van der Waals surface area contributed by atoms with E-state index in [2.05, 4.69) is 27.6 Å². The minimum absolute atomic E-state index is 0.00486. The number of carbonyl (C=O) groups excluding carboxylic acids is 1. The van der Waals surface area contributed by atoms with Crippen LogP contribution in [-0.2, 0) is 17.9 Å². The predicted octanol–water partition coefficient (Wildman–Crippen LogP) is -0.274. The van der Waals surface area contributed by atoms with Crippen molar-refractivity contribution >= 4 is 5.91 Å². The highest BCUT2D eigenvalue weighted by atomic mass is 16.2. The van der Waals surface area contributed by atoms with Crippen molar-refractivity contribution in [2.45, 2.75) is 50.9 Å². The van der Waals surface area contributed by atoms with Crippen molar-refractivity contribution < 1.29 is 4.79 Å². The van der Waals surface area contributed by atoms with Gasteiger partial charge in [-0.05, 0) is 38.6 Å². The molecule has 7 heteroatoms. The molecule has 116 valence electrons. The fourth-order valence-electron chi connectivity index (χ4n) is 3.66. The Kier molecular flexibility index (Phi) is 4.21. The van der Waals surface area contributed by atoms with E-state index in [1.807, 2.05) is 0 Å². The van der Waals surface area contributed by atoms with Crippen LogP contribution in [0.15, 0.2) is 6.20 Å². The maximum absolute atomic E-state index is 12.0. The molecule has 1 aromatic rings. The number of nitrogens with two attached hydrogens (primary N) is 1. The van der Waals surface area contributed by atoms with E-state index < -0.39 is 0 Å². The van der Waals surface area contributed by atoms with Crippen LogP contribution in [0, 0.1) is 5.92 Å². The highest BCUT2D eigenvalue weighted by Gasteiger charge is 2.38. The maximum atomic E-state index is 12.0. The van der Waals surface area contributed by atoms with Gasteiger partial charge in [-0.25, -0.2) is 4.68 Å². The average molecular weight is 292 g/mol. The van der Waals surface area contributed by atoms with Crippen LogP contribution in [-0.4, -0.2) is 51.5 Å². The Morgan fingerprint density at radius 1 is 1.43 bits per heavy atom. The summed E-state index contributed by atoms with van der Waals surface area (Å²) < 4.78 is 1.54. The summed E-state index contributed by atoms with van der Waals surface area (Å²) in [7, 11) is 2.23. The molecule has 21 heavy (non-hydrogen) atoms. The van der Waals surface area contributed by atoms with E-state index >= 15 is 0 Å². The third-order valence-electron chi connectivity index (χ3n) is 4.88. The van der Waals surface area contributed by atoms with E-state index in [0.29, 0.717) is 30.2 Å². The molecule has 2 saturated heterocycles. The Morgan fingerprint density at radius 2 is 2.14 bits per heavy atom. The minimum atomic E-state index is -0.00486. The van der Waals surface area contributed by atoms with Gasteiger partial charge in [0, 0.05) is 25.2 Å². The maximum Gasteiger partial charge on any atom is 0.241 e. The molecule has 0 radical (unpaired) electrons. The molecular formula is C14H24N6O. The monoisotopic (exact) mass is 292 g/mol. The Hall–Kier alpha value is -1.47. The van der Waals surface area contributed by atoms with Crippen LogP contribution < -0.4 is 11.1 Å². The molecule has 0 saturated carbocycles. The lowest BCUT2D eigenvalue weighted by molar-refractivity contribution is -0.122. The molecule has 0 aromatic carbocycles. The quantitative estimate of drug-likeness (QED) is 0.779. The van der Waals surface area contributed by atoms with E-state index in [4.69, 9.17) is 5.73 Å². The Labute approximate surface area is 124 Å². The number of aromatic nitrogens is 3. The van der Waals surface area contributed by atoms with Gasteiger partial charge in [-0.1, -0.05) is 5.21 Å². The first-order chi connectivity index (χ1) is 10.2. The third-order valence-corrected chi connectivity index (χ3v) is 4.88. The highest BCUT2D eigenvalue weighted by molar-refractivity contribution is 5.75. The van der Waals surface area contributed by atoms with Gasteiger partial charge in [0.25, 0.3) is 0 Å². The first-order valence-electron chi connectivity index (χ1n) is 7.73. The summed E-state index contributed by atoms with van der Waals surface area (Å²) in [5.41, 5.74) is 6.18. The van der Waals surface area contributed by atoms with Gasteiger partial charge in [-0.3, -0.25) is 4.79 Å². The van der Waals surface area contributed by atoms with Crippen LogP contribution in [0.1, 0.15) is 31.4 Å². The Morgan fingerprint density at radius 3 is 2.76 bits per heavy atom. The van der Waals surface area contributed by atoms with Gasteiger partial charge in [-0.15, -0.1) is 5.10 Å². The summed E-state index contributed by atoms with van der Waals surface area (Å²) in [6, 6.07) is 1.43. The van der Waals surface area contributed by atoms with Gasteiger partial charge < -0.3 is 16.0 Å². The molecule has 3 N–H and O–H groups in total. The number of nitrogens with zero attached hydrogens (tertiary/aromatic N) is 4. The normalized spacial score (nSPS) is 28.8. The van der Waals surface area contributed by atoms with Crippen LogP contribution in [0.25, 0.3) is 0 Å². The lowest BCUT2D eigenvalue weighted by Gasteiger charge is -2.36. The van der Waals surface area contributed by atoms with Crippen LogP contribution in [0.2, 0.25) is 0 Å². The molecule has 2 aliphatic rings. The largest absolute Gasteiger partial charge is 0.354 e. The molecule has 1 aromatic heterocycles. The van der Waals surface area contributed by atoms with E-state index in [0.717, 1.165) is 6.54 Å². The smallest absolute Gasteiger partial charge is 0.241 e. The Balaban J connectivity index is 1.44. The standard InChI is InChI=1S/C14H24N6O/c1-19-12-2-3-13(19)5-10(4-12)7-16-14(21)9-20-8-11(6-15)17-18-20/h8,10,12-13H,2-7,9,15H2,1H3,(H,16,21). The highest BCUT2D eigenvalue weighted by Crippen LogP contribution is 2.36. The molecule has 2 unspecified atom stereocenters. The van der Waals surface area contributed by atoms with E-state index in [1.54, 1.807) is 6.20 Å². The fourth-order valence-corrected chi connectivity index (χ4v) is 3.66. The van der Waals surface area contributed by atoms with Gasteiger partial charge in [0.05, 0.1) is 11.9 Å². The number of piperidine rings is 1. The van der Waals surface area contributed by atoms with Crippen molar-refractivity contribution in [3.63, 3.8) is 0 Å². The second kappa shape index (κ2) is 6.11. The molecule has 7 nitrogen and oxygen atoms in total. The molecule has 1 amide bonds. The minimum Gasteiger partial charge on any atom is -0.354 e. The lowest BCUT2D eigenvalue weighted by Crippen LogP contribution is -2.43. The van der Waals surface area contributed by atoms with Crippen LogP contribution in [0.4, 0.5) is 0 Å². The van der Waals surface area contributed by atoms with Crippen LogP contribution >= 0.6 is 0 Å². The van der Waals surface area contributed by atoms with Crippen molar-refractivity contribution in [1.29, 1.82) is 0 Å². The van der Waals surface area contributed by atoms with Crippen LogP contribution in [0.5, 0.6) is 0 Å². The van der Waals surface area contributed by atoms with Gasteiger partial charge >= 0.3 is 0 Å². The molecule has 3 heterocycles. The van der Waals surface area contributed by atoms with Crippen molar-refractivity contribution in [3.05, 3.63) is 11.9 Å². The number of fused-ring (bicyclic) bond motifs is 2. The second-order valence-electron chi connectivity index (χ2n) is 6.30. The summed E-state index contributed by atoms with van der Waals surface area (Å²) in [5, 5.41) is 10.8. The zero-order chi connectivity index (χ0) is 14.8. The molecule has 2 atom stereocenters. The number of rotatable bonds is 5. The summed E-state index contributed by atoms with van der Waals surface area (Å²) in [5.74, 6) is 0.604. The Bertz CT molecular complexity index is 487. The van der Waals surface area contributed by atoms with Crippen LogP contribution in [0.3, 0.4) is 0 Å². The van der Waals surface area contributed by atoms with Crippen molar-refractivity contribution in [2.24, 2.45) is 11.7 Å². The molecule has 2 aliphatic heterocycles. The number of hydrogen-bond acceptors (Lipinski definition) is 5.